The van der Waals surface area contributed by atoms with E-state index in [9.17, 15) is 19.2 Å². The monoisotopic (exact) mass is 345 g/mol. The van der Waals surface area contributed by atoms with Crippen LogP contribution in [-0.4, -0.2) is 37.8 Å². The summed E-state index contributed by atoms with van der Waals surface area (Å²) >= 11 is 0. The topological polar surface area (TPSA) is 98.8 Å². The van der Waals surface area contributed by atoms with E-state index >= 15 is 0 Å². The number of anilines is 1. The summed E-state index contributed by atoms with van der Waals surface area (Å²) in [7, 11) is 2.45. The Morgan fingerprint density at radius 1 is 0.960 bits per heavy atom. The first-order chi connectivity index (χ1) is 11.8. The Morgan fingerprint density at radius 3 is 2.12 bits per heavy atom. The lowest BCUT2D eigenvalue weighted by Gasteiger charge is -2.08. The molecule has 0 unspecified atom stereocenters. The van der Waals surface area contributed by atoms with E-state index in [4.69, 9.17) is 0 Å². The molecule has 0 bridgehead atoms. The molecule has 0 saturated heterocycles. The second kappa shape index (κ2) is 9.82. The van der Waals surface area contributed by atoms with Crippen molar-refractivity contribution in [1.29, 1.82) is 0 Å². The number of rotatable bonds is 7. The summed E-state index contributed by atoms with van der Waals surface area (Å²) in [5.41, 5.74) is 2.04. The maximum Gasteiger partial charge on any atom is 0.330 e. The number of benzene rings is 1. The first-order valence-electron chi connectivity index (χ1n) is 7.31. The number of hydrogen-bond donors (Lipinski definition) is 1. The van der Waals surface area contributed by atoms with E-state index < -0.39 is 17.8 Å². The van der Waals surface area contributed by atoms with Crippen LogP contribution in [0.25, 0.3) is 0 Å². The van der Waals surface area contributed by atoms with Crippen LogP contribution >= 0.6 is 0 Å². The predicted octanol–water partition coefficient (Wildman–Crippen LogP) is 1.50. The fourth-order valence-electron chi connectivity index (χ4n) is 1.85. The third kappa shape index (κ3) is 7.26. The highest BCUT2D eigenvalue weighted by atomic mass is 16.5. The van der Waals surface area contributed by atoms with Gasteiger partial charge in [0.05, 0.1) is 14.2 Å². The van der Waals surface area contributed by atoms with Gasteiger partial charge in [0.2, 0.25) is 5.91 Å². The molecule has 7 heteroatoms. The van der Waals surface area contributed by atoms with Crippen LogP contribution < -0.4 is 5.32 Å². The van der Waals surface area contributed by atoms with Crippen molar-refractivity contribution < 1.29 is 28.7 Å². The van der Waals surface area contributed by atoms with E-state index in [-0.39, 0.29) is 12.2 Å². The van der Waals surface area contributed by atoms with Crippen LogP contribution in [0, 0.1) is 6.92 Å². The van der Waals surface area contributed by atoms with Crippen LogP contribution in [0.1, 0.15) is 11.1 Å². The first-order valence-corrected chi connectivity index (χ1v) is 7.31. The highest BCUT2D eigenvalue weighted by Gasteiger charge is 2.06. The van der Waals surface area contributed by atoms with Gasteiger partial charge in [-0.25, -0.2) is 9.59 Å². The summed E-state index contributed by atoms with van der Waals surface area (Å²) in [6, 6.07) is 5.10. The molecule has 0 aromatic heterocycles. The van der Waals surface area contributed by atoms with Crippen LogP contribution in [0.3, 0.4) is 0 Å². The van der Waals surface area contributed by atoms with Gasteiger partial charge in [-0.3, -0.25) is 9.59 Å². The molecule has 0 saturated carbocycles. The molecule has 0 atom stereocenters. The number of esters is 2. The number of methoxy groups -OCH3 is 2. The smallest absolute Gasteiger partial charge is 0.330 e. The van der Waals surface area contributed by atoms with Gasteiger partial charge in [0.25, 0.3) is 0 Å². The second-order valence-electron chi connectivity index (χ2n) is 4.99. The van der Waals surface area contributed by atoms with E-state index in [2.05, 4.69) is 14.8 Å². The molecule has 132 valence electrons. The van der Waals surface area contributed by atoms with E-state index in [1.165, 1.54) is 14.2 Å². The zero-order chi connectivity index (χ0) is 18.8. The van der Waals surface area contributed by atoms with E-state index in [0.717, 1.165) is 35.4 Å². The molecule has 0 aliphatic heterocycles. The van der Waals surface area contributed by atoms with Crippen LogP contribution in [0.5, 0.6) is 0 Å². The Kier molecular flexibility index (Phi) is 7.78. The van der Waals surface area contributed by atoms with Crippen molar-refractivity contribution >= 4 is 29.3 Å². The highest BCUT2D eigenvalue weighted by molar-refractivity contribution is 6.03. The number of nitrogens with one attached hydrogen (secondary N) is 1. The molecule has 0 aliphatic carbocycles. The lowest BCUT2D eigenvalue weighted by molar-refractivity contribution is -0.135. The number of aryl methyl sites for hydroxylation is 1. The molecular weight excluding hydrogens is 326 g/mol. The Balaban J connectivity index is 2.71. The summed E-state index contributed by atoms with van der Waals surface area (Å²) in [5, 5.41) is 2.62. The highest BCUT2D eigenvalue weighted by Crippen LogP contribution is 2.17. The van der Waals surface area contributed by atoms with Crippen molar-refractivity contribution in [2.45, 2.75) is 13.3 Å². The zero-order valence-corrected chi connectivity index (χ0v) is 14.2. The number of allylic oxidation sites excluding steroid dienone is 1. The molecule has 1 amide bonds. The van der Waals surface area contributed by atoms with Gasteiger partial charge >= 0.3 is 11.9 Å². The van der Waals surface area contributed by atoms with Crippen molar-refractivity contribution in [3.8, 4) is 0 Å². The van der Waals surface area contributed by atoms with Crippen LogP contribution in [-0.2, 0) is 35.1 Å². The van der Waals surface area contributed by atoms with E-state index in [1.54, 1.807) is 25.1 Å². The number of carbonyl (C=O) groups excluding carboxylic acids is 4. The van der Waals surface area contributed by atoms with Gasteiger partial charge in [0.1, 0.15) is 0 Å². The largest absolute Gasteiger partial charge is 0.466 e. The molecule has 0 heterocycles. The molecule has 1 rings (SSSR count). The fourth-order valence-corrected chi connectivity index (χ4v) is 1.85. The molecule has 0 aliphatic rings. The average Bonchev–Trinajstić information content (AvgIpc) is 2.59. The lowest BCUT2D eigenvalue weighted by Crippen LogP contribution is -2.10. The minimum absolute atomic E-state index is 0.116. The molecule has 0 radical (unpaired) electrons. The van der Waals surface area contributed by atoms with Gasteiger partial charge in [-0.15, -0.1) is 0 Å². The number of carbonyl (C=O) groups is 4. The third-order valence-electron chi connectivity index (χ3n) is 3.11. The first kappa shape index (κ1) is 19.8. The van der Waals surface area contributed by atoms with Gasteiger partial charge in [-0.05, 0) is 30.2 Å². The van der Waals surface area contributed by atoms with Crippen molar-refractivity contribution in [2.24, 2.45) is 0 Å². The zero-order valence-electron chi connectivity index (χ0n) is 14.2. The van der Waals surface area contributed by atoms with Gasteiger partial charge in [0, 0.05) is 30.3 Å². The normalized spacial score (nSPS) is 10.7. The lowest BCUT2D eigenvalue weighted by atomic mass is 10.0. The standard InChI is InChI=1S/C18H19NO6/c1-12-10-13(11-14(20)5-8-17(22)24-2)4-6-15(12)19-16(21)7-9-18(23)25-3/h4-10H,11H2,1-3H3,(H,19,21)/b8-5+,9-7+. The van der Waals surface area contributed by atoms with Crippen molar-refractivity contribution in [2.75, 3.05) is 19.5 Å². The summed E-state index contributed by atoms with van der Waals surface area (Å²) in [6.45, 7) is 1.78. The number of amides is 1. The van der Waals surface area contributed by atoms with Crippen LogP contribution in [0.15, 0.2) is 42.5 Å². The average molecular weight is 345 g/mol. The maximum absolute atomic E-state index is 11.8. The Bertz CT molecular complexity index is 733. The van der Waals surface area contributed by atoms with Gasteiger partial charge in [-0.2, -0.15) is 0 Å². The SMILES string of the molecule is COC(=O)/C=C/C(=O)Cc1ccc(NC(=O)/C=C/C(=O)OC)c(C)c1. The molecule has 1 aromatic carbocycles. The number of ether oxygens (including phenoxy) is 2. The minimum atomic E-state index is -0.624. The predicted molar refractivity (Wildman–Crippen MR) is 90.8 cm³/mol. The van der Waals surface area contributed by atoms with Crippen molar-refractivity contribution in [3.05, 3.63) is 53.6 Å². The van der Waals surface area contributed by atoms with E-state index in [1.807, 2.05) is 0 Å². The van der Waals surface area contributed by atoms with Gasteiger partial charge in [-0.1, -0.05) is 12.1 Å². The summed E-state index contributed by atoms with van der Waals surface area (Å²) in [4.78, 5) is 45.4. The molecule has 7 nitrogen and oxygen atoms in total. The molecule has 0 fully saturated rings. The second-order valence-corrected chi connectivity index (χ2v) is 4.99. The van der Waals surface area contributed by atoms with Crippen molar-refractivity contribution in [1.82, 2.24) is 0 Å². The summed E-state index contributed by atoms with van der Waals surface area (Å²) in [6.07, 6.45) is 4.43. The quantitative estimate of drug-likeness (QED) is 0.594. The van der Waals surface area contributed by atoms with Crippen LogP contribution in [0.2, 0.25) is 0 Å². The molecule has 1 aromatic rings. The van der Waals surface area contributed by atoms with Gasteiger partial charge < -0.3 is 14.8 Å². The van der Waals surface area contributed by atoms with E-state index in [0.29, 0.717) is 5.69 Å². The number of ketones is 1. The third-order valence-corrected chi connectivity index (χ3v) is 3.11. The van der Waals surface area contributed by atoms with Gasteiger partial charge in [0.15, 0.2) is 5.78 Å². The minimum Gasteiger partial charge on any atom is -0.466 e. The molecule has 1 N–H and O–H groups in total. The molecule has 25 heavy (non-hydrogen) atoms. The Morgan fingerprint density at radius 2 is 1.56 bits per heavy atom. The summed E-state index contributed by atoms with van der Waals surface area (Å²) in [5.74, 6) is -1.94. The number of hydrogen-bond acceptors (Lipinski definition) is 6. The molecular formula is C18H19NO6. The Hall–Kier alpha value is -3.22. The fraction of sp³-hybridized carbons (Fsp3) is 0.222. The van der Waals surface area contributed by atoms with Crippen LogP contribution in [0.4, 0.5) is 5.69 Å². The summed E-state index contributed by atoms with van der Waals surface area (Å²) < 4.78 is 8.81. The Labute approximate surface area is 145 Å². The molecule has 0 spiro atoms. The van der Waals surface area contributed by atoms with Crippen molar-refractivity contribution in [3.63, 3.8) is 0 Å². The maximum atomic E-state index is 11.8.